The topological polar surface area (TPSA) is 37.3 Å². The maximum absolute atomic E-state index is 10.1. The summed E-state index contributed by atoms with van der Waals surface area (Å²) < 4.78 is 0. The molecular weight excluding hydrogens is 232 g/mol. The molecule has 0 radical (unpaired) electrons. The van der Waals surface area contributed by atoms with E-state index in [0.29, 0.717) is 0 Å². The van der Waals surface area contributed by atoms with Gasteiger partial charge in [-0.05, 0) is 0 Å². The molecule has 0 saturated heterocycles. The summed E-state index contributed by atoms with van der Waals surface area (Å²) >= 11 is 0. The second-order valence-electron chi connectivity index (χ2n) is 2.55. The standard InChI is InChI=1S/C7H7O2.C5H.Fe/c8-7(9)5-6-3-1-2-4-6;1-2-4-5-3-1;/h1-4H,5H2,(H,8,9);1H;/q-1;-5;. The van der Waals surface area contributed by atoms with E-state index in [1.54, 1.807) is 18.2 Å². The Morgan fingerprint density at radius 3 is 2.13 bits per heavy atom. The fourth-order valence-corrected chi connectivity index (χ4v) is 0.887. The van der Waals surface area contributed by atoms with Gasteiger partial charge < -0.3 is 35.4 Å². The van der Waals surface area contributed by atoms with Crippen LogP contribution in [0.3, 0.4) is 0 Å². The van der Waals surface area contributed by atoms with Crippen molar-refractivity contribution in [1.29, 1.82) is 0 Å². The van der Waals surface area contributed by atoms with E-state index < -0.39 is 5.97 Å². The van der Waals surface area contributed by atoms with Crippen LogP contribution in [0.4, 0.5) is 0 Å². The van der Waals surface area contributed by atoms with Crippen LogP contribution in [-0.2, 0) is 28.3 Å². The molecule has 0 aliphatic carbocycles. The first-order valence-corrected chi connectivity index (χ1v) is 4.04. The van der Waals surface area contributed by atoms with Gasteiger partial charge in [0, 0.05) is 23.5 Å². The Bertz CT molecular complexity index is 318. The summed E-state index contributed by atoms with van der Waals surface area (Å²) in [4.78, 5) is 10.1. The van der Waals surface area contributed by atoms with Crippen LogP contribution >= 0.6 is 0 Å². The first-order chi connectivity index (χ1) is 6.79. The number of rotatable bonds is 2. The van der Waals surface area contributed by atoms with Gasteiger partial charge in [0.1, 0.15) is 0 Å². The van der Waals surface area contributed by atoms with Crippen molar-refractivity contribution in [3.63, 3.8) is 0 Å². The molecule has 15 heavy (non-hydrogen) atoms. The van der Waals surface area contributed by atoms with Crippen molar-refractivity contribution in [3.8, 4) is 0 Å². The van der Waals surface area contributed by atoms with Gasteiger partial charge in [-0.15, -0.1) is 5.56 Å². The molecule has 0 saturated carbocycles. The predicted octanol–water partition coefficient (Wildman–Crippen LogP) is 1.64. The number of hydrogen-bond donors (Lipinski definition) is 1. The Kier molecular flexibility index (Phi) is 7.33. The van der Waals surface area contributed by atoms with E-state index >= 15 is 0 Å². The number of aliphatic carboxylic acids is 1. The van der Waals surface area contributed by atoms with E-state index in [2.05, 4.69) is 24.3 Å². The van der Waals surface area contributed by atoms with Crippen LogP contribution in [0.2, 0.25) is 0 Å². The summed E-state index contributed by atoms with van der Waals surface area (Å²) in [5.74, 6) is -0.777. The Labute approximate surface area is 99.8 Å². The van der Waals surface area contributed by atoms with Crippen molar-refractivity contribution in [2.45, 2.75) is 6.42 Å². The molecule has 2 rings (SSSR count). The third-order valence-electron chi connectivity index (χ3n) is 1.44. The van der Waals surface area contributed by atoms with Gasteiger partial charge in [0.15, 0.2) is 0 Å². The number of hydrogen-bond acceptors (Lipinski definition) is 1. The Hall–Kier alpha value is -1.31. The molecule has 0 heterocycles. The Morgan fingerprint density at radius 2 is 1.80 bits per heavy atom. The van der Waals surface area contributed by atoms with Crippen LogP contribution < -0.4 is 0 Å². The van der Waals surface area contributed by atoms with Crippen molar-refractivity contribution in [2.75, 3.05) is 0 Å². The molecule has 1 N–H and O–H groups in total. The average molecular weight is 240 g/mol. The van der Waals surface area contributed by atoms with Crippen LogP contribution in [0.5, 0.6) is 0 Å². The predicted molar refractivity (Wildman–Crippen MR) is 50.8 cm³/mol. The second kappa shape index (κ2) is 8.04. The van der Waals surface area contributed by atoms with Crippen LogP contribution in [0, 0.1) is 24.3 Å². The summed E-state index contributed by atoms with van der Waals surface area (Å²) in [5, 5.41) is 8.29. The molecule has 0 amide bonds. The number of carbonyl (C=O) groups is 1. The summed E-state index contributed by atoms with van der Waals surface area (Å²) in [6.07, 6.45) is 0.132. The minimum atomic E-state index is -0.777. The van der Waals surface area contributed by atoms with Gasteiger partial charge in [-0.1, -0.05) is 0 Å². The van der Waals surface area contributed by atoms with Gasteiger partial charge in [0.05, 0.1) is 0 Å². The fourth-order valence-electron chi connectivity index (χ4n) is 0.887. The first-order valence-electron chi connectivity index (χ1n) is 4.04. The molecular formula is C12H8FeO2-6. The molecule has 0 spiro atoms. The van der Waals surface area contributed by atoms with Crippen LogP contribution in [-0.4, -0.2) is 11.1 Å². The smallest absolute Gasteiger partial charge is 0.296 e. The maximum atomic E-state index is 10.1. The molecule has 2 nitrogen and oxygen atoms in total. The molecule has 0 unspecified atom stereocenters. The van der Waals surface area contributed by atoms with Crippen molar-refractivity contribution in [3.05, 3.63) is 60.2 Å². The van der Waals surface area contributed by atoms with Gasteiger partial charge in [-0.2, -0.15) is 12.1 Å². The van der Waals surface area contributed by atoms with E-state index in [1.807, 2.05) is 12.1 Å². The molecule has 0 atom stereocenters. The molecule has 82 valence electrons. The first kappa shape index (κ1) is 13.7. The summed E-state index contributed by atoms with van der Waals surface area (Å²) in [6.45, 7) is 0. The van der Waals surface area contributed by atoms with Crippen molar-refractivity contribution < 1.29 is 27.0 Å². The zero-order valence-electron chi connectivity index (χ0n) is 7.80. The van der Waals surface area contributed by atoms with Crippen molar-refractivity contribution in [1.82, 2.24) is 0 Å². The van der Waals surface area contributed by atoms with E-state index in [0.717, 1.165) is 5.56 Å². The fraction of sp³-hybridized carbons (Fsp3) is 0.0833. The summed E-state index contributed by atoms with van der Waals surface area (Å²) in [5.41, 5.74) is 0.863. The molecule has 0 aromatic heterocycles. The minimum absolute atomic E-state index is 0. The summed E-state index contributed by atoms with van der Waals surface area (Å²) in [6, 6.07) is 19.3. The largest absolute Gasteiger partial charge is 0.999 e. The van der Waals surface area contributed by atoms with E-state index in [-0.39, 0.29) is 23.5 Å². The van der Waals surface area contributed by atoms with Crippen LogP contribution in [0.1, 0.15) is 5.56 Å². The van der Waals surface area contributed by atoms with Crippen LogP contribution in [0.25, 0.3) is 0 Å². The molecule has 2 aromatic carbocycles. The third kappa shape index (κ3) is 6.72. The molecule has 0 aliphatic rings. The second-order valence-corrected chi connectivity index (χ2v) is 2.55. The van der Waals surface area contributed by atoms with Gasteiger partial charge in [-0.3, -0.25) is 4.79 Å². The monoisotopic (exact) mass is 240 g/mol. The van der Waals surface area contributed by atoms with E-state index in [4.69, 9.17) is 5.11 Å². The van der Waals surface area contributed by atoms with E-state index in [9.17, 15) is 4.79 Å². The van der Waals surface area contributed by atoms with Crippen LogP contribution in [0.15, 0.2) is 30.3 Å². The van der Waals surface area contributed by atoms with Gasteiger partial charge in [-0.25, -0.2) is 12.1 Å². The quantitative estimate of drug-likeness (QED) is 0.639. The maximum Gasteiger partial charge on any atom is 0.296 e. The Morgan fingerprint density at radius 1 is 1.27 bits per heavy atom. The number of carboxylic acid groups (broad SMARTS) is 1. The van der Waals surface area contributed by atoms with Gasteiger partial charge in [0.2, 0.25) is 0 Å². The molecule has 0 aliphatic heterocycles. The van der Waals surface area contributed by atoms with E-state index in [1.165, 1.54) is 0 Å². The number of carboxylic acids is 1. The minimum Gasteiger partial charge on any atom is -0.999 e. The molecule has 3 heteroatoms. The van der Waals surface area contributed by atoms with Crippen molar-refractivity contribution >= 4 is 5.97 Å². The van der Waals surface area contributed by atoms with Crippen molar-refractivity contribution in [2.24, 2.45) is 0 Å². The molecule has 0 fully saturated rings. The average Bonchev–Trinajstić information content (AvgIpc) is 2.75. The third-order valence-corrected chi connectivity index (χ3v) is 1.44. The Balaban J connectivity index is 0.000000280. The van der Waals surface area contributed by atoms with Gasteiger partial charge >= 0.3 is 0 Å². The van der Waals surface area contributed by atoms with Gasteiger partial charge in [0.25, 0.3) is 5.97 Å². The normalized spacial score (nSPS) is 8.27. The SMILES string of the molecule is O=C(O)C[c-]1cccc1.[Fe].[c-]1[c-][c-][cH-][c-]1. The molecule has 2 aromatic rings. The zero-order valence-corrected chi connectivity index (χ0v) is 8.91. The summed E-state index contributed by atoms with van der Waals surface area (Å²) in [7, 11) is 0. The molecule has 0 bridgehead atoms. The zero-order chi connectivity index (χ0) is 10.2.